The lowest BCUT2D eigenvalue weighted by Gasteiger charge is -2.14. The van der Waals surface area contributed by atoms with Crippen molar-refractivity contribution in [3.63, 3.8) is 0 Å². The lowest BCUT2D eigenvalue weighted by atomic mass is 9.98. The Morgan fingerprint density at radius 1 is 1.09 bits per heavy atom. The monoisotopic (exact) mass is 465 g/mol. The van der Waals surface area contributed by atoms with Crippen molar-refractivity contribution in [3.05, 3.63) is 70.7 Å². The molecular weight excluding hydrogens is 442 g/mol. The number of hydrogen-bond donors (Lipinski definition) is 3. The quantitative estimate of drug-likeness (QED) is 0.451. The van der Waals surface area contributed by atoms with Gasteiger partial charge in [-0.2, -0.15) is 0 Å². The first-order valence-corrected chi connectivity index (χ1v) is 11.4. The second-order valence-corrected chi connectivity index (χ2v) is 8.66. The van der Waals surface area contributed by atoms with E-state index < -0.39 is 24.0 Å². The normalized spacial score (nSPS) is 13.0. The smallest absolute Gasteiger partial charge is 0.413 e. The van der Waals surface area contributed by atoms with Gasteiger partial charge in [-0.1, -0.05) is 73.2 Å². The highest BCUT2D eigenvalue weighted by atomic mass is 32.1. The van der Waals surface area contributed by atoms with E-state index in [1.165, 1.54) is 6.20 Å². The number of anilines is 1. The van der Waals surface area contributed by atoms with E-state index in [0.29, 0.717) is 12.8 Å². The molecule has 1 heterocycles. The van der Waals surface area contributed by atoms with Gasteiger partial charge in [-0.3, -0.25) is 10.1 Å². The summed E-state index contributed by atoms with van der Waals surface area (Å²) >= 11 is 0.948. The fourth-order valence-corrected chi connectivity index (χ4v) is 4.64. The first kappa shape index (κ1) is 22.5. The van der Waals surface area contributed by atoms with E-state index >= 15 is 0 Å². The molecule has 0 fully saturated rings. The molecule has 8 nitrogen and oxygen atoms in total. The van der Waals surface area contributed by atoms with E-state index in [-0.39, 0.29) is 22.5 Å². The van der Waals surface area contributed by atoms with Gasteiger partial charge in [-0.25, -0.2) is 14.6 Å². The highest BCUT2D eigenvalue weighted by molar-refractivity contribution is 7.17. The van der Waals surface area contributed by atoms with Crippen LogP contribution in [0.5, 0.6) is 0 Å². The highest BCUT2D eigenvalue weighted by Crippen LogP contribution is 2.44. The number of aliphatic carboxylic acids is 1. The van der Waals surface area contributed by atoms with Crippen LogP contribution in [0.4, 0.5) is 9.93 Å². The van der Waals surface area contributed by atoms with E-state index in [1.807, 2.05) is 43.3 Å². The van der Waals surface area contributed by atoms with E-state index in [0.717, 1.165) is 33.6 Å². The number of hydrogen-bond acceptors (Lipinski definition) is 6. The van der Waals surface area contributed by atoms with E-state index in [2.05, 4.69) is 27.8 Å². The first-order chi connectivity index (χ1) is 16.0. The molecule has 1 unspecified atom stereocenters. The summed E-state index contributed by atoms with van der Waals surface area (Å²) in [4.78, 5) is 40.2. The minimum atomic E-state index is -1.09. The predicted octanol–water partition coefficient (Wildman–Crippen LogP) is 4.49. The zero-order chi connectivity index (χ0) is 23.4. The topological polar surface area (TPSA) is 118 Å². The van der Waals surface area contributed by atoms with Crippen molar-refractivity contribution in [3.8, 4) is 11.1 Å². The van der Waals surface area contributed by atoms with Crippen molar-refractivity contribution >= 4 is 34.4 Å². The fourth-order valence-electron chi connectivity index (χ4n) is 3.93. The number of nitrogens with zero attached hydrogens (tertiary/aromatic N) is 1. The zero-order valence-corrected chi connectivity index (χ0v) is 18.7. The summed E-state index contributed by atoms with van der Waals surface area (Å²) in [6.45, 7) is 2.00. The molecular formula is C24H23N3O5S. The Kier molecular flexibility index (Phi) is 6.69. The van der Waals surface area contributed by atoms with Crippen LogP contribution in [0.25, 0.3) is 11.1 Å². The molecule has 1 aromatic heterocycles. The van der Waals surface area contributed by atoms with E-state index in [9.17, 15) is 19.5 Å². The molecule has 0 saturated heterocycles. The molecule has 0 saturated carbocycles. The Balaban J connectivity index is 1.36. The van der Waals surface area contributed by atoms with Crippen LogP contribution in [0.2, 0.25) is 0 Å². The number of aromatic nitrogens is 1. The Morgan fingerprint density at radius 3 is 2.33 bits per heavy atom. The number of carboxylic acid groups (broad SMARTS) is 1. The molecule has 0 spiro atoms. The highest BCUT2D eigenvalue weighted by Gasteiger charge is 2.29. The summed E-state index contributed by atoms with van der Waals surface area (Å²) in [6.07, 6.45) is 1.57. The molecule has 170 valence electrons. The van der Waals surface area contributed by atoms with Crippen LogP contribution in [-0.4, -0.2) is 40.7 Å². The van der Waals surface area contributed by atoms with Crippen LogP contribution in [0.3, 0.4) is 0 Å². The van der Waals surface area contributed by atoms with Gasteiger partial charge in [-0.05, 0) is 28.7 Å². The number of amides is 2. The molecule has 3 N–H and O–H groups in total. The second kappa shape index (κ2) is 9.83. The lowest BCUT2D eigenvalue weighted by Crippen LogP contribution is -2.40. The van der Waals surface area contributed by atoms with Gasteiger partial charge < -0.3 is 15.2 Å². The maximum absolute atomic E-state index is 12.4. The van der Waals surface area contributed by atoms with Crippen molar-refractivity contribution in [2.45, 2.75) is 31.7 Å². The van der Waals surface area contributed by atoms with Gasteiger partial charge in [0.25, 0.3) is 5.91 Å². The van der Waals surface area contributed by atoms with Gasteiger partial charge in [0.15, 0.2) is 5.13 Å². The van der Waals surface area contributed by atoms with Crippen molar-refractivity contribution in [1.82, 2.24) is 10.3 Å². The molecule has 0 radical (unpaired) electrons. The van der Waals surface area contributed by atoms with E-state index in [1.54, 1.807) is 0 Å². The Hall–Kier alpha value is -3.72. The molecule has 0 aliphatic heterocycles. The Bertz CT molecular complexity index is 1150. The van der Waals surface area contributed by atoms with Gasteiger partial charge in [0.05, 0.1) is 6.20 Å². The number of thiazole rings is 1. The number of rotatable bonds is 8. The van der Waals surface area contributed by atoms with Gasteiger partial charge in [-0.15, -0.1) is 0 Å². The minimum absolute atomic E-state index is 0.0627. The van der Waals surface area contributed by atoms with Gasteiger partial charge >= 0.3 is 12.1 Å². The molecule has 4 rings (SSSR count). The summed E-state index contributed by atoms with van der Waals surface area (Å²) < 4.78 is 5.48. The third-order valence-electron chi connectivity index (χ3n) is 5.46. The summed E-state index contributed by atoms with van der Waals surface area (Å²) in [6, 6.07) is 15.1. The van der Waals surface area contributed by atoms with Crippen molar-refractivity contribution in [2.24, 2.45) is 0 Å². The van der Waals surface area contributed by atoms with Crippen LogP contribution in [0.1, 0.15) is 46.5 Å². The van der Waals surface area contributed by atoms with Crippen LogP contribution in [-0.2, 0) is 9.53 Å². The average molecular weight is 466 g/mol. The van der Waals surface area contributed by atoms with Gasteiger partial charge in [0, 0.05) is 5.92 Å². The number of nitrogens with one attached hydrogen (secondary N) is 2. The van der Waals surface area contributed by atoms with E-state index in [4.69, 9.17) is 4.74 Å². The van der Waals surface area contributed by atoms with Crippen LogP contribution >= 0.6 is 11.3 Å². The van der Waals surface area contributed by atoms with Crippen LogP contribution in [0.15, 0.2) is 54.7 Å². The van der Waals surface area contributed by atoms with Crippen LogP contribution in [0, 0.1) is 0 Å². The van der Waals surface area contributed by atoms with Crippen molar-refractivity contribution < 1.29 is 24.2 Å². The minimum Gasteiger partial charge on any atom is -0.480 e. The maximum Gasteiger partial charge on any atom is 0.413 e. The molecule has 33 heavy (non-hydrogen) atoms. The summed E-state index contributed by atoms with van der Waals surface area (Å²) in [7, 11) is 0. The summed E-state index contributed by atoms with van der Waals surface area (Å²) in [5.41, 5.74) is 4.50. The van der Waals surface area contributed by atoms with Crippen LogP contribution < -0.4 is 10.6 Å². The average Bonchev–Trinajstić information content (AvgIpc) is 3.40. The van der Waals surface area contributed by atoms with Gasteiger partial charge in [0.2, 0.25) is 0 Å². The zero-order valence-electron chi connectivity index (χ0n) is 17.9. The number of benzene rings is 2. The summed E-state index contributed by atoms with van der Waals surface area (Å²) in [5.74, 6) is -1.70. The molecule has 0 bridgehead atoms. The number of carbonyl (C=O) groups excluding carboxylic acids is 2. The summed E-state index contributed by atoms with van der Waals surface area (Å²) in [5, 5.41) is 14.4. The second-order valence-electron chi connectivity index (χ2n) is 7.63. The Morgan fingerprint density at radius 2 is 1.73 bits per heavy atom. The number of carbonyl (C=O) groups is 3. The lowest BCUT2D eigenvalue weighted by molar-refractivity contribution is -0.139. The number of ether oxygens (including phenoxy) is 1. The van der Waals surface area contributed by atoms with Crippen molar-refractivity contribution in [1.29, 1.82) is 0 Å². The molecule has 9 heteroatoms. The maximum atomic E-state index is 12.4. The predicted molar refractivity (Wildman–Crippen MR) is 125 cm³/mol. The molecule has 1 aliphatic carbocycles. The number of carboxylic acids is 1. The van der Waals surface area contributed by atoms with Gasteiger partial charge in [0.1, 0.15) is 17.5 Å². The van der Waals surface area contributed by atoms with Crippen molar-refractivity contribution in [2.75, 3.05) is 11.9 Å². The molecule has 2 amide bonds. The molecule has 1 aliphatic rings. The SMILES string of the molecule is CCCC(NC(=O)c1cnc(NC(=O)OCC2c3ccccc3-c3ccccc32)s1)C(=O)O. The first-order valence-electron chi connectivity index (χ1n) is 10.6. The largest absolute Gasteiger partial charge is 0.480 e. The Labute approximate surface area is 194 Å². The standard InChI is InChI=1S/C24H23N3O5S/c1-2-7-19(22(29)30)26-21(28)20-12-25-23(33-20)27-24(31)32-13-18-16-10-5-3-8-14(16)15-9-4-6-11-17(15)18/h3-6,8-12,18-19H,2,7,13H2,1H3,(H,26,28)(H,29,30)(H,25,27,31). The molecule has 1 atom stereocenters. The fraction of sp³-hybridized carbons (Fsp3) is 0.250. The number of fused-ring (bicyclic) bond motifs is 3. The third kappa shape index (κ3) is 4.88. The molecule has 3 aromatic rings. The third-order valence-corrected chi connectivity index (χ3v) is 6.37. The molecule has 2 aromatic carbocycles.